The number of nitrogens with one attached hydrogen (secondary N) is 1. The molecule has 0 bridgehead atoms. The maximum atomic E-state index is 12.5. The van der Waals surface area contributed by atoms with E-state index in [1.165, 1.54) is 5.39 Å². The van der Waals surface area contributed by atoms with Gasteiger partial charge in [0.05, 0.1) is 12.2 Å². The van der Waals surface area contributed by atoms with E-state index in [9.17, 15) is 4.79 Å². The number of aromatic amines is 1. The molecule has 2 unspecified atom stereocenters. The van der Waals surface area contributed by atoms with Gasteiger partial charge in [0.1, 0.15) is 11.7 Å². The maximum Gasteiger partial charge on any atom is 0.337 e. The zero-order valence-electron chi connectivity index (χ0n) is 14.5. The Morgan fingerprint density at radius 1 is 1.32 bits per heavy atom. The van der Waals surface area contributed by atoms with Crippen LogP contribution in [0.1, 0.15) is 38.3 Å². The van der Waals surface area contributed by atoms with Crippen LogP contribution < -0.4 is 0 Å². The number of ether oxygens (including phenoxy) is 2. The minimum absolute atomic E-state index is 0.123. The van der Waals surface area contributed by atoms with Crippen molar-refractivity contribution in [1.29, 1.82) is 0 Å². The quantitative estimate of drug-likeness (QED) is 0.857. The second-order valence-corrected chi connectivity index (χ2v) is 7.78. The molecule has 4 nitrogen and oxygen atoms in total. The zero-order chi connectivity index (χ0) is 17.0. The van der Waals surface area contributed by atoms with E-state index in [-0.39, 0.29) is 12.1 Å². The van der Waals surface area contributed by atoms with Gasteiger partial charge in [-0.25, -0.2) is 4.79 Å². The zero-order valence-corrected chi connectivity index (χ0v) is 14.5. The fourth-order valence-corrected chi connectivity index (χ4v) is 5.12. The van der Waals surface area contributed by atoms with Crippen LogP contribution in [-0.4, -0.2) is 22.7 Å². The molecule has 1 aliphatic heterocycles. The fourth-order valence-electron chi connectivity index (χ4n) is 5.12. The van der Waals surface area contributed by atoms with E-state index < -0.39 is 5.60 Å². The summed E-state index contributed by atoms with van der Waals surface area (Å²) in [5, 5.41) is 1.19. The first-order valence-electron chi connectivity index (χ1n) is 9.30. The molecule has 2 aliphatic carbocycles. The molecular weight excluding hydrogens is 314 g/mol. The molecule has 2 heterocycles. The van der Waals surface area contributed by atoms with Crippen molar-refractivity contribution in [3.05, 3.63) is 47.7 Å². The van der Waals surface area contributed by atoms with Crippen LogP contribution in [0.3, 0.4) is 0 Å². The van der Waals surface area contributed by atoms with Gasteiger partial charge in [0.15, 0.2) is 0 Å². The Hall–Kier alpha value is -2.07. The molecule has 1 saturated heterocycles. The Balaban J connectivity index is 1.49. The lowest BCUT2D eigenvalue weighted by Gasteiger charge is -2.46. The van der Waals surface area contributed by atoms with E-state index in [1.54, 1.807) is 0 Å². The third-order valence-electron chi connectivity index (χ3n) is 6.15. The first-order valence-corrected chi connectivity index (χ1v) is 9.30. The van der Waals surface area contributed by atoms with Crippen LogP contribution in [0.4, 0.5) is 0 Å². The smallest absolute Gasteiger partial charge is 0.337 e. The number of hydrogen-bond acceptors (Lipinski definition) is 3. The molecule has 0 spiro atoms. The lowest BCUT2D eigenvalue weighted by atomic mass is 9.64. The van der Waals surface area contributed by atoms with Gasteiger partial charge in [0.25, 0.3) is 0 Å². The second-order valence-electron chi connectivity index (χ2n) is 7.78. The molecule has 130 valence electrons. The van der Waals surface area contributed by atoms with Crippen molar-refractivity contribution in [2.45, 2.75) is 50.9 Å². The molecule has 2 fully saturated rings. The molecule has 2 aromatic rings. The highest BCUT2D eigenvalue weighted by Crippen LogP contribution is 2.53. The first kappa shape index (κ1) is 15.2. The fraction of sp³-hybridized carbons (Fsp3) is 0.476. The number of aromatic nitrogens is 1. The predicted molar refractivity (Wildman–Crippen MR) is 94.9 cm³/mol. The van der Waals surface area contributed by atoms with Crippen LogP contribution in [0.5, 0.6) is 0 Å². The van der Waals surface area contributed by atoms with Crippen LogP contribution in [-0.2, 0) is 20.9 Å². The molecule has 1 N–H and O–H groups in total. The Morgan fingerprint density at radius 2 is 2.20 bits per heavy atom. The van der Waals surface area contributed by atoms with Gasteiger partial charge in [-0.05, 0) is 55.0 Å². The van der Waals surface area contributed by atoms with Crippen LogP contribution in [0.2, 0.25) is 0 Å². The highest BCUT2D eigenvalue weighted by molar-refractivity contribution is 5.94. The summed E-state index contributed by atoms with van der Waals surface area (Å²) in [5.74, 6) is 0.617. The number of carbonyl (C=O) groups is 1. The minimum Gasteiger partial charge on any atom is -0.455 e. The van der Waals surface area contributed by atoms with E-state index in [4.69, 9.17) is 9.47 Å². The summed E-state index contributed by atoms with van der Waals surface area (Å²) in [4.78, 5) is 15.9. The predicted octanol–water partition coefficient (Wildman–Crippen LogP) is 4.12. The van der Waals surface area contributed by atoms with Crippen molar-refractivity contribution in [2.75, 3.05) is 0 Å². The van der Waals surface area contributed by atoms with E-state index >= 15 is 0 Å². The number of H-pyrrole nitrogens is 1. The Kier molecular flexibility index (Phi) is 3.32. The monoisotopic (exact) mass is 337 g/mol. The van der Waals surface area contributed by atoms with Crippen molar-refractivity contribution in [3.63, 3.8) is 0 Å². The molecule has 3 aliphatic rings. The van der Waals surface area contributed by atoms with E-state index in [0.717, 1.165) is 42.5 Å². The van der Waals surface area contributed by atoms with Crippen LogP contribution in [0, 0.1) is 11.8 Å². The third-order valence-corrected chi connectivity index (χ3v) is 6.15. The van der Waals surface area contributed by atoms with Gasteiger partial charge >= 0.3 is 5.97 Å². The number of rotatable bonds is 3. The summed E-state index contributed by atoms with van der Waals surface area (Å²) < 4.78 is 12.3. The molecule has 1 aromatic heterocycles. The largest absolute Gasteiger partial charge is 0.455 e. The van der Waals surface area contributed by atoms with Crippen molar-refractivity contribution >= 4 is 16.9 Å². The normalized spacial score (nSPS) is 33.9. The van der Waals surface area contributed by atoms with Crippen molar-refractivity contribution in [2.24, 2.45) is 11.8 Å². The average Bonchev–Trinajstić information content (AvgIpc) is 3.13. The van der Waals surface area contributed by atoms with Crippen molar-refractivity contribution in [3.8, 4) is 0 Å². The Bertz CT molecular complexity index is 834. The number of allylic oxidation sites excluding steroid dienone is 1. The number of esters is 1. The number of fused-ring (bicyclic) bond motifs is 1. The molecular formula is C21H23NO3. The standard InChI is InChI=1S/C21H23NO3/c1-13-9-15-6-4-8-19-21(15,17(10-13)20(23)25-19)24-12-16-11-14-5-2-3-7-18(14)22-16/h2-3,5,7,10-11,13,15,19,22H,4,6,8-9,12H2,1H3/t13?,15?,19-,21+/m1/s1. The van der Waals surface area contributed by atoms with Crippen LogP contribution in [0.15, 0.2) is 42.0 Å². The van der Waals surface area contributed by atoms with E-state index in [0.29, 0.717) is 18.4 Å². The lowest BCUT2D eigenvalue weighted by Crippen LogP contribution is -2.53. The summed E-state index contributed by atoms with van der Waals surface area (Å²) in [6.45, 7) is 2.66. The highest BCUT2D eigenvalue weighted by Gasteiger charge is 2.61. The average molecular weight is 337 g/mol. The Morgan fingerprint density at radius 3 is 3.08 bits per heavy atom. The number of benzene rings is 1. The van der Waals surface area contributed by atoms with Gasteiger partial charge in [-0.2, -0.15) is 0 Å². The SMILES string of the molecule is CC1C=C2C(=O)O[C@@H]3CCCC(C1)[C@]23OCc1cc2ccccc2[nH]1. The lowest BCUT2D eigenvalue weighted by molar-refractivity contribution is -0.157. The molecule has 4 atom stereocenters. The molecule has 4 heteroatoms. The summed E-state index contributed by atoms with van der Waals surface area (Å²) in [6.07, 6.45) is 6.17. The molecule has 0 radical (unpaired) electrons. The second kappa shape index (κ2) is 5.46. The summed E-state index contributed by atoms with van der Waals surface area (Å²) in [7, 11) is 0. The van der Waals surface area contributed by atoms with Crippen molar-refractivity contribution < 1.29 is 14.3 Å². The van der Waals surface area contributed by atoms with Crippen LogP contribution >= 0.6 is 0 Å². The summed E-state index contributed by atoms with van der Waals surface area (Å²) in [5.41, 5.74) is 2.40. The van der Waals surface area contributed by atoms with Gasteiger partial charge in [-0.15, -0.1) is 0 Å². The first-order chi connectivity index (χ1) is 12.2. The van der Waals surface area contributed by atoms with Gasteiger partial charge in [0.2, 0.25) is 0 Å². The molecule has 5 rings (SSSR count). The van der Waals surface area contributed by atoms with E-state index in [1.807, 2.05) is 12.1 Å². The van der Waals surface area contributed by atoms with Crippen LogP contribution in [0.25, 0.3) is 10.9 Å². The minimum atomic E-state index is -0.543. The summed E-state index contributed by atoms with van der Waals surface area (Å²) >= 11 is 0. The van der Waals surface area contributed by atoms with Gasteiger partial charge in [0, 0.05) is 11.2 Å². The van der Waals surface area contributed by atoms with Gasteiger partial charge in [-0.1, -0.05) is 31.2 Å². The summed E-state index contributed by atoms with van der Waals surface area (Å²) in [6, 6.07) is 10.4. The highest BCUT2D eigenvalue weighted by atomic mass is 16.6. The molecule has 25 heavy (non-hydrogen) atoms. The van der Waals surface area contributed by atoms with Gasteiger partial charge in [-0.3, -0.25) is 0 Å². The molecule has 1 saturated carbocycles. The molecule has 1 aromatic carbocycles. The molecule has 0 amide bonds. The van der Waals surface area contributed by atoms with E-state index in [2.05, 4.69) is 36.2 Å². The number of para-hydroxylation sites is 1. The van der Waals surface area contributed by atoms with Gasteiger partial charge < -0.3 is 14.5 Å². The Labute approximate surface area is 147 Å². The number of carbonyl (C=O) groups excluding carboxylic acids is 1. The topological polar surface area (TPSA) is 51.3 Å². The maximum absolute atomic E-state index is 12.5. The third kappa shape index (κ3) is 2.20. The van der Waals surface area contributed by atoms with Crippen molar-refractivity contribution in [1.82, 2.24) is 4.98 Å². The number of hydrogen-bond donors (Lipinski definition) is 1.